The molecule has 5 heteroatoms. The van der Waals surface area contributed by atoms with Crippen LogP contribution >= 0.6 is 11.6 Å². The van der Waals surface area contributed by atoms with Gasteiger partial charge in [-0.2, -0.15) is 8.78 Å². The maximum atomic E-state index is 14.3. The summed E-state index contributed by atoms with van der Waals surface area (Å²) in [5.41, 5.74) is 0.547. The van der Waals surface area contributed by atoms with Gasteiger partial charge in [-0.25, -0.2) is 4.39 Å². The maximum Gasteiger partial charge on any atom is 0.387 e. The second-order valence-electron chi connectivity index (χ2n) is 9.05. The van der Waals surface area contributed by atoms with Gasteiger partial charge in [-0.05, 0) is 68.3 Å². The van der Waals surface area contributed by atoms with E-state index in [1.165, 1.54) is 57.4 Å². The molecular weight excluding hydrogens is 397 g/mol. The Kier molecular flexibility index (Phi) is 8.58. The molecular formula is C24H34ClF3O. The molecule has 0 amide bonds. The van der Waals surface area contributed by atoms with Gasteiger partial charge in [-0.3, -0.25) is 0 Å². The van der Waals surface area contributed by atoms with Crippen LogP contribution in [0.4, 0.5) is 13.2 Å². The molecule has 164 valence electrons. The van der Waals surface area contributed by atoms with Gasteiger partial charge in [0.1, 0.15) is 0 Å². The van der Waals surface area contributed by atoms with E-state index in [2.05, 4.69) is 11.7 Å². The van der Waals surface area contributed by atoms with Crippen molar-refractivity contribution in [2.75, 3.05) is 0 Å². The van der Waals surface area contributed by atoms with E-state index in [4.69, 9.17) is 11.6 Å². The Hall–Kier alpha value is -0.900. The number of rotatable bonds is 8. The second-order valence-corrected chi connectivity index (χ2v) is 9.45. The zero-order valence-electron chi connectivity index (χ0n) is 17.4. The average molecular weight is 431 g/mol. The van der Waals surface area contributed by atoms with Gasteiger partial charge in [-0.15, -0.1) is 0 Å². The zero-order valence-corrected chi connectivity index (χ0v) is 18.2. The number of ether oxygens (including phenoxy) is 1. The van der Waals surface area contributed by atoms with Crippen LogP contribution in [0.2, 0.25) is 5.02 Å². The van der Waals surface area contributed by atoms with E-state index in [-0.39, 0.29) is 16.7 Å². The van der Waals surface area contributed by atoms with Crippen molar-refractivity contribution in [2.45, 2.75) is 96.5 Å². The summed E-state index contributed by atoms with van der Waals surface area (Å²) in [6, 6.07) is 3.12. The fourth-order valence-electron chi connectivity index (χ4n) is 5.61. The largest absolute Gasteiger partial charge is 0.431 e. The van der Waals surface area contributed by atoms with Gasteiger partial charge in [0.05, 0.1) is 5.02 Å². The lowest BCUT2D eigenvalue weighted by molar-refractivity contribution is -0.0531. The van der Waals surface area contributed by atoms with E-state index >= 15 is 0 Å². The molecule has 2 aliphatic carbocycles. The van der Waals surface area contributed by atoms with Crippen molar-refractivity contribution in [1.82, 2.24) is 0 Å². The predicted molar refractivity (Wildman–Crippen MR) is 112 cm³/mol. The molecule has 0 aliphatic heterocycles. The van der Waals surface area contributed by atoms with Crippen LogP contribution in [0.3, 0.4) is 0 Å². The molecule has 29 heavy (non-hydrogen) atoms. The first-order valence-corrected chi connectivity index (χ1v) is 11.8. The van der Waals surface area contributed by atoms with Crippen LogP contribution in [0, 0.1) is 23.6 Å². The molecule has 0 bridgehead atoms. The minimum Gasteiger partial charge on any atom is -0.431 e. The summed E-state index contributed by atoms with van der Waals surface area (Å²) in [7, 11) is 0. The first kappa shape index (κ1) is 22.8. The Morgan fingerprint density at radius 3 is 2.17 bits per heavy atom. The van der Waals surface area contributed by atoms with Crippen molar-refractivity contribution in [3.8, 4) is 5.75 Å². The molecule has 2 fully saturated rings. The van der Waals surface area contributed by atoms with Crippen molar-refractivity contribution in [1.29, 1.82) is 0 Å². The van der Waals surface area contributed by atoms with Crippen molar-refractivity contribution >= 4 is 11.6 Å². The van der Waals surface area contributed by atoms with Gasteiger partial charge in [-0.1, -0.05) is 63.1 Å². The summed E-state index contributed by atoms with van der Waals surface area (Å²) in [6.07, 6.45) is 14.8. The van der Waals surface area contributed by atoms with Crippen LogP contribution in [-0.2, 0) is 0 Å². The zero-order chi connectivity index (χ0) is 20.8. The molecule has 0 atom stereocenters. The standard InChI is InChI=1S/C24H34ClF3O/c1-2-3-4-5-16-6-8-17(9-7-16)18-10-12-19(13-11-18)20-14-15-21(25)22(26)23(20)29-24(27)28/h14-19,24H,2-13H2,1H3. The number of unbranched alkanes of at least 4 members (excludes halogenated alkanes) is 2. The Morgan fingerprint density at radius 1 is 0.966 bits per heavy atom. The number of hydrogen-bond acceptors (Lipinski definition) is 1. The van der Waals surface area contributed by atoms with Crippen LogP contribution in [0.5, 0.6) is 5.75 Å². The quantitative estimate of drug-likeness (QED) is 0.374. The third-order valence-electron chi connectivity index (χ3n) is 7.27. The summed E-state index contributed by atoms with van der Waals surface area (Å²) in [5, 5.41) is -0.172. The van der Waals surface area contributed by atoms with Crippen molar-refractivity contribution in [2.24, 2.45) is 17.8 Å². The molecule has 1 aromatic carbocycles. The summed E-state index contributed by atoms with van der Waals surface area (Å²) in [6.45, 7) is -0.792. The highest BCUT2D eigenvalue weighted by Crippen LogP contribution is 2.47. The van der Waals surface area contributed by atoms with Gasteiger partial charge >= 0.3 is 6.61 Å². The van der Waals surface area contributed by atoms with E-state index in [9.17, 15) is 13.2 Å². The normalized spacial score (nSPS) is 27.9. The lowest BCUT2D eigenvalue weighted by atomic mass is 9.68. The number of benzene rings is 1. The van der Waals surface area contributed by atoms with Gasteiger partial charge in [0.25, 0.3) is 0 Å². The Bertz CT molecular complexity index is 635. The van der Waals surface area contributed by atoms with Crippen LogP contribution in [0.25, 0.3) is 0 Å². The minimum absolute atomic E-state index is 0.0668. The summed E-state index contributed by atoms with van der Waals surface area (Å²) < 4.78 is 44.4. The lowest BCUT2D eigenvalue weighted by Crippen LogP contribution is -2.25. The predicted octanol–water partition coefficient (Wildman–Crippen LogP) is 8.74. The van der Waals surface area contributed by atoms with Gasteiger partial charge < -0.3 is 4.74 Å². The highest BCUT2D eigenvalue weighted by molar-refractivity contribution is 6.30. The molecule has 0 spiro atoms. The van der Waals surface area contributed by atoms with Crippen molar-refractivity contribution < 1.29 is 17.9 Å². The molecule has 0 heterocycles. The Balaban J connectivity index is 1.53. The second kappa shape index (κ2) is 10.9. The van der Waals surface area contributed by atoms with Crippen LogP contribution in [0.1, 0.15) is 95.5 Å². The highest BCUT2D eigenvalue weighted by Gasteiger charge is 2.33. The van der Waals surface area contributed by atoms with Gasteiger partial charge in [0.15, 0.2) is 11.6 Å². The van der Waals surface area contributed by atoms with Crippen molar-refractivity contribution in [3.63, 3.8) is 0 Å². The summed E-state index contributed by atoms with van der Waals surface area (Å²) in [4.78, 5) is 0. The lowest BCUT2D eigenvalue weighted by Gasteiger charge is -2.38. The molecule has 1 aromatic rings. The Labute approximate surface area is 178 Å². The molecule has 1 nitrogen and oxygen atoms in total. The van der Waals surface area contributed by atoms with Crippen LogP contribution in [-0.4, -0.2) is 6.61 Å². The van der Waals surface area contributed by atoms with E-state index in [1.54, 1.807) is 6.07 Å². The van der Waals surface area contributed by atoms with E-state index in [0.717, 1.165) is 43.4 Å². The van der Waals surface area contributed by atoms with Crippen LogP contribution in [0.15, 0.2) is 12.1 Å². The highest BCUT2D eigenvalue weighted by atomic mass is 35.5. The number of alkyl halides is 2. The number of halogens is 4. The Morgan fingerprint density at radius 2 is 1.59 bits per heavy atom. The molecule has 0 aromatic heterocycles. The van der Waals surface area contributed by atoms with Crippen molar-refractivity contribution in [3.05, 3.63) is 28.5 Å². The smallest absolute Gasteiger partial charge is 0.387 e. The average Bonchev–Trinajstić information content (AvgIpc) is 2.72. The van der Waals surface area contributed by atoms with E-state index in [1.807, 2.05) is 0 Å². The number of hydrogen-bond donors (Lipinski definition) is 0. The fraction of sp³-hybridized carbons (Fsp3) is 0.750. The molecule has 3 rings (SSSR count). The van der Waals surface area contributed by atoms with Gasteiger partial charge in [0, 0.05) is 5.56 Å². The minimum atomic E-state index is -3.05. The van der Waals surface area contributed by atoms with Crippen LogP contribution < -0.4 is 4.74 Å². The summed E-state index contributed by atoms with van der Waals surface area (Å²) >= 11 is 5.78. The van der Waals surface area contributed by atoms with Gasteiger partial charge in [0.2, 0.25) is 0 Å². The molecule has 0 radical (unpaired) electrons. The molecule has 2 saturated carbocycles. The molecule has 0 unspecified atom stereocenters. The molecule has 0 N–H and O–H groups in total. The summed E-state index contributed by atoms with van der Waals surface area (Å²) in [5.74, 6) is 1.28. The third-order valence-corrected chi connectivity index (χ3v) is 7.56. The SMILES string of the molecule is CCCCCC1CCC(C2CCC(c3ccc(Cl)c(F)c3OC(F)F)CC2)CC1. The maximum absolute atomic E-state index is 14.3. The first-order valence-electron chi connectivity index (χ1n) is 11.4. The van der Waals surface area contributed by atoms with E-state index < -0.39 is 12.4 Å². The topological polar surface area (TPSA) is 9.23 Å². The monoisotopic (exact) mass is 430 g/mol. The third kappa shape index (κ3) is 6.06. The fourth-order valence-corrected chi connectivity index (χ4v) is 5.76. The first-order chi connectivity index (χ1) is 14.0. The van der Waals surface area contributed by atoms with E-state index in [0.29, 0.717) is 5.56 Å². The molecule has 0 saturated heterocycles. The molecule has 2 aliphatic rings.